The summed E-state index contributed by atoms with van der Waals surface area (Å²) < 4.78 is 41.8. The van der Waals surface area contributed by atoms with Crippen molar-refractivity contribution < 1.29 is 26.3 Å². The summed E-state index contributed by atoms with van der Waals surface area (Å²) in [6, 6.07) is 2.99. The lowest BCUT2D eigenvalue weighted by Gasteiger charge is -2.24. The molecule has 0 spiro atoms. The molecule has 0 aliphatic carbocycles. The van der Waals surface area contributed by atoms with E-state index in [-0.39, 0.29) is 23.5 Å². The van der Waals surface area contributed by atoms with Crippen LogP contribution in [0.3, 0.4) is 0 Å². The first-order valence-corrected chi connectivity index (χ1v) is 8.50. The molecule has 26 heavy (non-hydrogen) atoms. The molecular formula is C20H28N2O4. The molecular weight excluding hydrogens is 332 g/mol. The van der Waals surface area contributed by atoms with Gasteiger partial charge in [0.15, 0.2) is 5.78 Å². The molecule has 0 aromatic heterocycles. The maximum absolute atomic E-state index is 13.1. The van der Waals surface area contributed by atoms with Crippen LogP contribution in [0.5, 0.6) is 0 Å². The number of nitrogens with one attached hydrogen (secondary N) is 1. The molecule has 1 aliphatic heterocycles. The zero-order chi connectivity index (χ0) is 23.9. The number of aliphatic hydroxyl groups excluding tert-OH is 1. The molecule has 6 heteroatoms. The second kappa shape index (κ2) is 8.45. The predicted octanol–water partition coefficient (Wildman–Crippen LogP) is 1.47. The number of amides is 2. The van der Waals surface area contributed by atoms with Crippen molar-refractivity contribution in [2.24, 2.45) is 11.8 Å². The third kappa shape index (κ3) is 4.49. The predicted molar refractivity (Wildman–Crippen MR) is 98.3 cm³/mol. The maximum atomic E-state index is 13.1. The number of nitrogens with zero attached hydrogens (tertiary/aromatic N) is 1. The van der Waals surface area contributed by atoms with E-state index in [9.17, 15) is 19.5 Å². The summed E-state index contributed by atoms with van der Waals surface area (Å²) in [6.07, 6.45) is -4.22. The van der Waals surface area contributed by atoms with E-state index in [2.05, 4.69) is 5.32 Å². The molecule has 2 amide bonds. The van der Waals surface area contributed by atoms with E-state index < -0.39 is 48.5 Å². The Morgan fingerprint density at radius 1 is 1.38 bits per heavy atom. The lowest BCUT2D eigenvalue weighted by Crippen LogP contribution is -2.43. The number of carbonyl (C=O) groups excluding carboxylic acids is 3. The number of hydrogen-bond donors (Lipinski definition) is 2. The number of likely N-dealkylation sites (N-methyl/N-ethyl adjacent to an activating group) is 1. The van der Waals surface area contributed by atoms with Gasteiger partial charge in [0.1, 0.15) is 12.1 Å². The molecule has 6 nitrogen and oxygen atoms in total. The smallest absolute Gasteiger partial charge is 0.249 e. The van der Waals surface area contributed by atoms with Crippen LogP contribution in [0.4, 0.5) is 0 Å². The Hall–Kier alpha value is -2.21. The van der Waals surface area contributed by atoms with Gasteiger partial charge in [-0.05, 0) is 23.4 Å². The van der Waals surface area contributed by atoms with Gasteiger partial charge in [-0.25, -0.2) is 0 Å². The van der Waals surface area contributed by atoms with Gasteiger partial charge in [0, 0.05) is 31.4 Å². The zero-order valence-corrected chi connectivity index (χ0v) is 15.4. The minimum Gasteiger partial charge on any atom is -0.385 e. The Kier molecular flexibility index (Phi) is 4.52. The number of benzene rings is 1. The lowest BCUT2D eigenvalue weighted by molar-refractivity contribution is -0.137. The van der Waals surface area contributed by atoms with Gasteiger partial charge >= 0.3 is 0 Å². The molecule has 0 radical (unpaired) electrons. The molecule has 0 saturated carbocycles. The summed E-state index contributed by atoms with van der Waals surface area (Å²) in [5, 5.41) is 12.2. The summed E-state index contributed by atoms with van der Waals surface area (Å²) >= 11 is 0. The first-order valence-electron chi connectivity index (χ1n) is 11.0. The van der Waals surface area contributed by atoms with E-state index in [1.54, 1.807) is 13.8 Å². The van der Waals surface area contributed by atoms with Gasteiger partial charge in [0.05, 0.1) is 1.37 Å². The van der Waals surface area contributed by atoms with Crippen LogP contribution in [0.1, 0.15) is 51.2 Å². The monoisotopic (exact) mass is 365 g/mol. The van der Waals surface area contributed by atoms with Crippen LogP contribution >= 0.6 is 0 Å². The number of aliphatic hydroxyl groups is 1. The highest BCUT2D eigenvalue weighted by Gasteiger charge is 2.32. The van der Waals surface area contributed by atoms with Crippen LogP contribution in [0, 0.1) is 11.8 Å². The first-order chi connectivity index (χ1) is 14.1. The number of fused-ring (bicyclic) bond motifs is 1. The van der Waals surface area contributed by atoms with Gasteiger partial charge < -0.3 is 15.3 Å². The highest BCUT2D eigenvalue weighted by molar-refractivity contribution is 5.92. The quantitative estimate of drug-likeness (QED) is 0.799. The Labute approximate surface area is 161 Å². The molecule has 1 heterocycles. The summed E-state index contributed by atoms with van der Waals surface area (Å²) in [6.45, 7) is 1.94. The van der Waals surface area contributed by atoms with E-state index in [1.165, 1.54) is 31.2 Å². The number of carbonyl (C=O) groups is 3. The number of aryl methyl sites for hydroxylation is 1. The Morgan fingerprint density at radius 3 is 2.69 bits per heavy atom. The average Bonchev–Trinajstić information content (AvgIpc) is 2.73. The van der Waals surface area contributed by atoms with Crippen LogP contribution in [-0.2, 0) is 20.8 Å². The van der Waals surface area contributed by atoms with Gasteiger partial charge in [0.25, 0.3) is 0 Å². The fourth-order valence-electron chi connectivity index (χ4n) is 2.54. The van der Waals surface area contributed by atoms with Crippen molar-refractivity contribution in [2.45, 2.75) is 45.7 Å². The fraction of sp³-hybridized carbons (Fsp3) is 0.550. The molecule has 0 unspecified atom stereocenters. The topological polar surface area (TPSA) is 86.7 Å². The number of Topliss-reactive ketones (excluding diaryl/α,β-unsaturated/α-hetero) is 1. The molecule has 3 atom stereocenters. The van der Waals surface area contributed by atoms with E-state index in [1.807, 2.05) is 0 Å². The molecule has 1 aromatic rings. The maximum Gasteiger partial charge on any atom is 0.249 e. The van der Waals surface area contributed by atoms with Crippen molar-refractivity contribution in [3.63, 3.8) is 0 Å². The number of rotatable bonds is 6. The van der Waals surface area contributed by atoms with Gasteiger partial charge in [-0.15, -0.1) is 0 Å². The third-order valence-electron chi connectivity index (χ3n) is 4.24. The molecule has 1 aliphatic rings. The second-order valence-corrected chi connectivity index (χ2v) is 6.77. The third-order valence-corrected chi connectivity index (χ3v) is 4.24. The molecule has 0 bridgehead atoms. The van der Waals surface area contributed by atoms with Crippen molar-refractivity contribution in [1.29, 1.82) is 0 Å². The van der Waals surface area contributed by atoms with Crippen LogP contribution in [0.25, 0.3) is 0 Å². The molecule has 0 fully saturated rings. The molecule has 0 saturated heterocycles. The van der Waals surface area contributed by atoms with E-state index in [4.69, 9.17) is 6.85 Å². The van der Waals surface area contributed by atoms with Gasteiger partial charge in [0.2, 0.25) is 11.8 Å². The van der Waals surface area contributed by atoms with Crippen molar-refractivity contribution >= 4 is 17.6 Å². The number of hydrogen-bond acceptors (Lipinski definition) is 4. The van der Waals surface area contributed by atoms with Crippen LogP contribution in [0.2, 0.25) is 0 Å². The van der Waals surface area contributed by atoms with E-state index >= 15 is 0 Å². The van der Waals surface area contributed by atoms with Crippen molar-refractivity contribution in [3.8, 4) is 0 Å². The van der Waals surface area contributed by atoms with Crippen molar-refractivity contribution in [2.75, 3.05) is 13.5 Å². The Balaban J connectivity index is 2.46. The summed E-state index contributed by atoms with van der Waals surface area (Å²) in [5.74, 6) is -3.84. The highest BCUT2D eigenvalue weighted by Crippen LogP contribution is 2.25. The number of ketones is 1. The van der Waals surface area contributed by atoms with Crippen LogP contribution in [-0.4, -0.2) is 47.3 Å². The Bertz CT molecular complexity index is 892. The van der Waals surface area contributed by atoms with E-state index in [0.717, 1.165) is 7.05 Å². The molecule has 2 rings (SSSR count). The van der Waals surface area contributed by atoms with Crippen molar-refractivity contribution in [1.82, 2.24) is 10.2 Å². The van der Waals surface area contributed by atoms with Gasteiger partial charge in [-0.3, -0.25) is 14.4 Å². The zero-order valence-electron chi connectivity index (χ0n) is 20.4. The minimum atomic E-state index is -2.79. The standard InChI is InChI=1S/C20H28N2O4/c1-12(2)18(24)16(23)11-13(3)19(25)21-17-15-8-6-5-7-14(15)9-10-22(4)20(17)26/h5-8,12-13,17-18,24H,9-11H2,1-4H3,(H,21,25)/t13-,17+,18+/m1/s1/i9D2,10D2,17D. The van der Waals surface area contributed by atoms with Crippen LogP contribution in [0.15, 0.2) is 24.3 Å². The van der Waals surface area contributed by atoms with E-state index in [0.29, 0.717) is 4.90 Å². The normalized spacial score (nSPS) is 29.1. The van der Waals surface area contributed by atoms with Crippen molar-refractivity contribution in [3.05, 3.63) is 35.4 Å². The largest absolute Gasteiger partial charge is 0.385 e. The molecule has 2 N–H and O–H groups in total. The summed E-state index contributed by atoms with van der Waals surface area (Å²) in [5.41, 5.74) is -0.417. The summed E-state index contributed by atoms with van der Waals surface area (Å²) in [7, 11) is 1.04. The second-order valence-electron chi connectivity index (χ2n) is 6.77. The molecule has 1 aromatic carbocycles. The SMILES string of the molecule is [2H]C1([2H])c2ccccc2[C@]([2H])(NC(=O)[C@H](C)CC(=O)[C@@H](O)C(C)C)C(=O)N(C)C1([2H])[2H]. The van der Waals surface area contributed by atoms with Gasteiger partial charge in [-0.2, -0.15) is 0 Å². The Morgan fingerprint density at radius 2 is 2.04 bits per heavy atom. The summed E-state index contributed by atoms with van der Waals surface area (Å²) in [4.78, 5) is 38.6. The molecule has 142 valence electrons. The van der Waals surface area contributed by atoms with Gasteiger partial charge in [-0.1, -0.05) is 45.0 Å². The van der Waals surface area contributed by atoms with Crippen LogP contribution < -0.4 is 5.32 Å². The minimum absolute atomic E-state index is 0.188. The highest BCUT2D eigenvalue weighted by atomic mass is 16.3. The lowest BCUT2D eigenvalue weighted by atomic mass is 9.94. The average molecular weight is 365 g/mol. The fourth-order valence-corrected chi connectivity index (χ4v) is 2.54. The first kappa shape index (κ1) is 13.9.